The molecule has 1 atom stereocenters. The molecule has 0 radical (unpaired) electrons. The smallest absolute Gasteiger partial charge is 0.203 e. The summed E-state index contributed by atoms with van der Waals surface area (Å²) in [5.74, 6) is -7.52. The van der Waals surface area contributed by atoms with Crippen LogP contribution in [0.15, 0.2) is 6.07 Å². The lowest BCUT2D eigenvalue weighted by Crippen LogP contribution is -2.43. The predicted molar refractivity (Wildman–Crippen MR) is 65.6 cm³/mol. The molecule has 0 saturated heterocycles. The molecule has 1 unspecified atom stereocenters. The van der Waals surface area contributed by atoms with Gasteiger partial charge in [0.15, 0.2) is 17.4 Å². The zero-order valence-electron chi connectivity index (χ0n) is 11.3. The standard InChI is InChI=1S/C13H17F4NO2/c1-3-4-18-6-13(2,19)7-20-12-10(16)8(14)5-9(15)11(12)17/h5,18-19H,3-4,6-7H2,1-2H3. The Hall–Kier alpha value is -1.34. The molecular weight excluding hydrogens is 278 g/mol. The van der Waals surface area contributed by atoms with E-state index in [9.17, 15) is 22.7 Å². The fourth-order valence-electron chi connectivity index (χ4n) is 1.49. The number of hydrogen-bond acceptors (Lipinski definition) is 3. The summed E-state index contributed by atoms with van der Waals surface area (Å²) in [4.78, 5) is 0. The van der Waals surface area contributed by atoms with Crippen LogP contribution in [-0.4, -0.2) is 30.4 Å². The fraction of sp³-hybridized carbons (Fsp3) is 0.538. The molecule has 20 heavy (non-hydrogen) atoms. The molecule has 0 heterocycles. The maximum absolute atomic E-state index is 13.3. The lowest BCUT2D eigenvalue weighted by atomic mass is 10.1. The predicted octanol–water partition coefficient (Wildman–Crippen LogP) is 2.37. The summed E-state index contributed by atoms with van der Waals surface area (Å²) >= 11 is 0. The van der Waals surface area contributed by atoms with Gasteiger partial charge in [0.1, 0.15) is 12.2 Å². The summed E-state index contributed by atoms with van der Waals surface area (Å²) in [7, 11) is 0. The van der Waals surface area contributed by atoms with Crippen molar-refractivity contribution in [2.24, 2.45) is 0 Å². The van der Waals surface area contributed by atoms with Gasteiger partial charge < -0.3 is 15.2 Å². The monoisotopic (exact) mass is 295 g/mol. The second-order valence-corrected chi connectivity index (χ2v) is 4.76. The average Bonchev–Trinajstić information content (AvgIpc) is 2.36. The van der Waals surface area contributed by atoms with E-state index >= 15 is 0 Å². The number of nitrogens with one attached hydrogen (secondary N) is 1. The lowest BCUT2D eigenvalue weighted by molar-refractivity contribution is 0.00956. The quantitative estimate of drug-likeness (QED) is 0.461. The lowest BCUT2D eigenvalue weighted by Gasteiger charge is -2.24. The van der Waals surface area contributed by atoms with Gasteiger partial charge in [-0.3, -0.25) is 0 Å². The molecule has 7 heteroatoms. The first-order valence-corrected chi connectivity index (χ1v) is 6.17. The Morgan fingerprint density at radius 3 is 2.25 bits per heavy atom. The van der Waals surface area contributed by atoms with Gasteiger partial charge in [0.05, 0.1) is 0 Å². The van der Waals surface area contributed by atoms with E-state index in [1.54, 1.807) is 0 Å². The minimum absolute atomic E-state index is 0.0957. The SMILES string of the molecule is CCCNCC(C)(O)COc1c(F)c(F)cc(F)c1F. The summed E-state index contributed by atoms with van der Waals surface area (Å²) in [6, 6.07) is 0.0957. The van der Waals surface area contributed by atoms with Crippen LogP contribution in [0, 0.1) is 23.3 Å². The van der Waals surface area contributed by atoms with Crippen molar-refractivity contribution in [1.82, 2.24) is 5.32 Å². The molecule has 1 aromatic carbocycles. The summed E-state index contributed by atoms with van der Waals surface area (Å²) < 4.78 is 57.2. The molecule has 0 saturated carbocycles. The van der Waals surface area contributed by atoms with E-state index in [-0.39, 0.29) is 12.6 Å². The first-order chi connectivity index (χ1) is 9.28. The van der Waals surface area contributed by atoms with Crippen LogP contribution in [0.2, 0.25) is 0 Å². The van der Waals surface area contributed by atoms with Crippen LogP contribution in [0.3, 0.4) is 0 Å². The first-order valence-electron chi connectivity index (χ1n) is 6.17. The molecule has 0 bridgehead atoms. The highest BCUT2D eigenvalue weighted by Gasteiger charge is 2.25. The van der Waals surface area contributed by atoms with Gasteiger partial charge in [0.2, 0.25) is 11.6 Å². The van der Waals surface area contributed by atoms with Gasteiger partial charge in [-0.2, -0.15) is 8.78 Å². The molecule has 3 nitrogen and oxygen atoms in total. The van der Waals surface area contributed by atoms with Crippen molar-refractivity contribution in [2.45, 2.75) is 25.9 Å². The molecular formula is C13H17F4NO2. The van der Waals surface area contributed by atoms with Gasteiger partial charge in [-0.05, 0) is 19.9 Å². The number of aliphatic hydroxyl groups is 1. The van der Waals surface area contributed by atoms with E-state index in [2.05, 4.69) is 5.32 Å². The Morgan fingerprint density at radius 2 is 1.75 bits per heavy atom. The van der Waals surface area contributed by atoms with Gasteiger partial charge in [-0.1, -0.05) is 6.92 Å². The number of halogens is 4. The van der Waals surface area contributed by atoms with Crippen LogP contribution in [-0.2, 0) is 0 Å². The highest BCUT2D eigenvalue weighted by atomic mass is 19.2. The van der Waals surface area contributed by atoms with E-state index in [4.69, 9.17) is 4.74 Å². The Kier molecular flexibility index (Phi) is 5.76. The highest BCUT2D eigenvalue weighted by Crippen LogP contribution is 2.27. The summed E-state index contributed by atoms with van der Waals surface area (Å²) in [5, 5.41) is 12.8. The molecule has 0 amide bonds. The van der Waals surface area contributed by atoms with E-state index in [0.29, 0.717) is 6.54 Å². The highest BCUT2D eigenvalue weighted by molar-refractivity contribution is 5.28. The van der Waals surface area contributed by atoms with Crippen molar-refractivity contribution in [1.29, 1.82) is 0 Å². The first kappa shape index (κ1) is 16.7. The number of rotatable bonds is 7. The molecule has 0 aliphatic heterocycles. The molecule has 0 spiro atoms. The number of ether oxygens (including phenoxy) is 1. The number of hydrogen-bond donors (Lipinski definition) is 2. The molecule has 2 N–H and O–H groups in total. The van der Waals surface area contributed by atoms with Crippen molar-refractivity contribution in [3.63, 3.8) is 0 Å². The van der Waals surface area contributed by atoms with Crippen molar-refractivity contribution in [3.8, 4) is 5.75 Å². The van der Waals surface area contributed by atoms with Crippen LogP contribution in [0.5, 0.6) is 5.75 Å². The van der Waals surface area contributed by atoms with Gasteiger partial charge in [0, 0.05) is 12.6 Å². The minimum atomic E-state index is -1.62. The van der Waals surface area contributed by atoms with E-state index in [0.717, 1.165) is 6.42 Å². The summed E-state index contributed by atoms with van der Waals surface area (Å²) in [6.07, 6.45) is 0.843. The van der Waals surface area contributed by atoms with Gasteiger partial charge in [-0.15, -0.1) is 0 Å². The van der Waals surface area contributed by atoms with Crippen molar-refractivity contribution in [2.75, 3.05) is 19.7 Å². The van der Waals surface area contributed by atoms with Crippen LogP contribution < -0.4 is 10.1 Å². The fourth-order valence-corrected chi connectivity index (χ4v) is 1.49. The van der Waals surface area contributed by atoms with Crippen LogP contribution in [0.25, 0.3) is 0 Å². The van der Waals surface area contributed by atoms with E-state index in [1.165, 1.54) is 6.92 Å². The molecule has 0 aliphatic carbocycles. The number of benzene rings is 1. The van der Waals surface area contributed by atoms with E-state index < -0.39 is 41.2 Å². The molecule has 1 rings (SSSR count). The zero-order valence-corrected chi connectivity index (χ0v) is 11.3. The van der Waals surface area contributed by atoms with Gasteiger partial charge in [0.25, 0.3) is 0 Å². The molecule has 1 aromatic rings. The normalized spacial score (nSPS) is 14.2. The largest absolute Gasteiger partial charge is 0.484 e. The summed E-state index contributed by atoms with van der Waals surface area (Å²) in [6.45, 7) is 3.55. The molecule has 0 fully saturated rings. The Labute approximate surface area is 114 Å². The maximum atomic E-state index is 13.3. The van der Waals surface area contributed by atoms with Crippen molar-refractivity contribution in [3.05, 3.63) is 29.3 Å². The maximum Gasteiger partial charge on any atom is 0.203 e. The Bertz CT molecular complexity index is 440. The Balaban J connectivity index is 2.74. The van der Waals surface area contributed by atoms with Gasteiger partial charge >= 0.3 is 0 Å². The minimum Gasteiger partial charge on any atom is -0.484 e. The second-order valence-electron chi connectivity index (χ2n) is 4.76. The molecule has 0 aromatic heterocycles. The Morgan fingerprint density at radius 1 is 1.20 bits per heavy atom. The van der Waals surface area contributed by atoms with Crippen LogP contribution in [0.4, 0.5) is 17.6 Å². The van der Waals surface area contributed by atoms with Crippen LogP contribution in [0.1, 0.15) is 20.3 Å². The average molecular weight is 295 g/mol. The topological polar surface area (TPSA) is 41.5 Å². The zero-order chi connectivity index (χ0) is 15.3. The second kappa shape index (κ2) is 6.90. The molecule has 0 aliphatic rings. The summed E-state index contributed by atoms with van der Waals surface area (Å²) in [5.41, 5.74) is -1.43. The third-order valence-electron chi connectivity index (χ3n) is 2.53. The third kappa shape index (κ3) is 4.35. The van der Waals surface area contributed by atoms with E-state index in [1.807, 2.05) is 6.92 Å². The van der Waals surface area contributed by atoms with Gasteiger partial charge in [-0.25, -0.2) is 8.78 Å². The van der Waals surface area contributed by atoms with Crippen LogP contribution >= 0.6 is 0 Å². The van der Waals surface area contributed by atoms with Crippen molar-refractivity contribution < 1.29 is 27.4 Å². The molecule has 114 valence electrons. The van der Waals surface area contributed by atoms with Crippen molar-refractivity contribution >= 4 is 0 Å². The third-order valence-corrected chi connectivity index (χ3v) is 2.53.